The highest BCUT2D eigenvalue weighted by atomic mass is 16.3. The van der Waals surface area contributed by atoms with Crippen molar-refractivity contribution in [3.8, 4) is 11.1 Å². The van der Waals surface area contributed by atoms with Crippen LogP contribution in [0.1, 0.15) is 35.7 Å². The quantitative estimate of drug-likeness (QED) is 0.789. The molecule has 2 aromatic carbocycles. The van der Waals surface area contributed by atoms with Crippen LogP contribution in [0.4, 0.5) is 0 Å². The van der Waals surface area contributed by atoms with Crippen LogP contribution in [0, 0.1) is 0 Å². The zero-order valence-corrected chi connectivity index (χ0v) is 16.3. The molecular weight excluding hydrogens is 324 g/mol. The lowest BCUT2D eigenvalue weighted by Gasteiger charge is -2.24. The number of benzene rings is 2. The van der Waals surface area contributed by atoms with E-state index in [1.807, 2.05) is 43.3 Å². The van der Waals surface area contributed by atoms with Crippen LogP contribution < -0.4 is 0 Å². The molecule has 0 saturated heterocycles. The summed E-state index contributed by atoms with van der Waals surface area (Å²) in [6.45, 7) is 6.03. The topological polar surface area (TPSA) is 43.8 Å². The molecule has 1 amide bonds. The van der Waals surface area contributed by atoms with Gasteiger partial charge in [-0.15, -0.1) is 0 Å². The molecule has 1 N–H and O–H groups in total. The van der Waals surface area contributed by atoms with Gasteiger partial charge in [0.05, 0.1) is 6.61 Å². The molecule has 2 rings (SSSR count). The van der Waals surface area contributed by atoms with Crippen molar-refractivity contribution in [1.29, 1.82) is 0 Å². The van der Waals surface area contributed by atoms with E-state index in [2.05, 4.69) is 38.1 Å². The average Bonchev–Trinajstić information content (AvgIpc) is 2.64. The number of likely N-dealkylation sites (N-methyl/N-ethyl adjacent to an activating group) is 1. The molecule has 0 unspecified atom stereocenters. The predicted octanol–water partition coefficient (Wildman–Crippen LogP) is 3.47. The molecule has 0 fully saturated rings. The van der Waals surface area contributed by atoms with Crippen LogP contribution in [0.25, 0.3) is 11.1 Å². The fourth-order valence-corrected chi connectivity index (χ4v) is 2.85. The standard InChI is InChI=1S/C22H30N2O2/c1-17(2)18-7-5-8-19(15-18)20-9-6-10-21(16-20)22(26)24(13-14-25)12-11-23(3)4/h5-10,15-17,25H,11-14H2,1-4H3. The Morgan fingerprint density at radius 2 is 1.62 bits per heavy atom. The first-order valence-electron chi connectivity index (χ1n) is 9.17. The SMILES string of the molecule is CC(C)c1cccc(-c2cccc(C(=O)N(CCO)CCN(C)C)c2)c1. The fourth-order valence-electron chi connectivity index (χ4n) is 2.85. The van der Waals surface area contributed by atoms with Gasteiger partial charge in [-0.2, -0.15) is 0 Å². The van der Waals surface area contributed by atoms with E-state index in [1.165, 1.54) is 5.56 Å². The van der Waals surface area contributed by atoms with Crippen molar-refractivity contribution in [3.05, 3.63) is 59.7 Å². The van der Waals surface area contributed by atoms with Gasteiger partial charge in [-0.05, 0) is 48.8 Å². The van der Waals surface area contributed by atoms with Gasteiger partial charge in [0, 0.05) is 25.2 Å². The zero-order chi connectivity index (χ0) is 19.1. The van der Waals surface area contributed by atoms with E-state index >= 15 is 0 Å². The number of carbonyl (C=O) groups is 1. The molecule has 0 aliphatic heterocycles. The van der Waals surface area contributed by atoms with Crippen LogP contribution in [-0.2, 0) is 0 Å². The maximum atomic E-state index is 12.9. The van der Waals surface area contributed by atoms with E-state index in [-0.39, 0.29) is 12.5 Å². The summed E-state index contributed by atoms with van der Waals surface area (Å²) in [6, 6.07) is 16.2. The number of aliphatic hydroxyl groups excluding tert-OH is 1. The summed E-state index contributed by atoms with van der Waals surface area (Å²) in [5.74, 6) is 0.425. The Morgan fingerprint density at radius 3 is 2.23 bits per heavy atom. The zero-order valence-electron chi connectivity index (χ0n) is 16.3. The van der Waals surface area contributed by atoms with Crippen molar-refractivity contribution in [2.45, 2.75) is 19.8 Å². The lowest BCUT2D eigenvalue weighted by atomic mass is 9.96. The number of rotatable bonds is 8. The normalized spacial score (nSPS) is 11.2. The molecule has 0 heterocycles. The van der Waals surface area contributed by atoms with Crippen LogP contribution in [0.3, 0.4) is 0 Å². The van der Waals surface area contributed by atoms with Crippen molar-refractivity contribution in [1.82, 2.24) is 9.80 Å². The van der Waals surface area contributed by atoms with Gasteiger partial charge in [-0.1, -0.05) is 50.2 Å². The predicted molar refractivity (Wildman–Crippen MR) is 108 cm³/mol. The lowest BCUT2D eigenvalue weighted by molar-refractivity contribution is 0.0710. The Balaban J connectivity index is 2.26. The fraction of sp³-hybridized carbons (Fsp3) is 0.409. The van der Waals surface area contributed by atoms with Gasteiger partial charge in [0.2, 0.25) is 0 Å². The van der Waals surface area contributed by atoms with Crippen molar-refractivity contribution in [2.24, 2.45) is 0 Å². The van der Waals surface area contributed by atoms with Crippen molar-refractivity contribution in [2.75, 3.05) is 40.3 Å². The van der Waals surface area contributed by atoms with E-state index in [9.17, 15) is 9.90 Å². The van der Waals surface area contributed by atoms with Gasteiger partial charge in [-0.3, -0.25) is 4.79 Å². The highest BCUT2D eigenvalue weighted by molar-refractivity contribution is 5.95. The van der Waals surface area contributed by atoms with Gasteiger partial charge < -0.3 is 14.9 Å². The summed E-state index contributed by atoms with van der Waals surface area (Å²) in [6.07, 6.45) is 0. The Bertz CT molecular complexity index is 726. The highest BCUT2D eigenvalue weighted by Gasteiger charge is 2.16. The van der Waals surface area contributed by atoms with Gasteiger partial charge >= 0.3 is 0 Å². The molecule has 140 valence electrons. The van der Waals surface area contributed by atoms with Gasteiger partial charge in [0.25, 0.3) is 5.91 Å². The molecule has 0 aliphatic carbocycles. The second kappa shape index (κ2) is 9.51. The van der Waals surface area contributed by atoms with Crippen LogP contribution in [0.15, 0.2) is 48.5 Å². The Kier molecular flexibility index (Phi) is 7.37. The molecule has 0 aliphatic rings. The molecular formula is C22H30N2O2. The summed E-state index contributed by atoms with van der Waals surface area (Å²) >= 11 is 0. The van der Waals surface area contributed by atoms with E-state index in [0.717, 1.165) is 17.7 Å². The maximum absolute atomic E-state index is 12.9. The van der Waals surface area contributed by atoms with Gasteiger partial charge in [0.1, 0.15) is 0 Å². The van der Waals surface area contributed by atoms with E-state index in [4.69, 9.17) is 0 Å². The third kappa shape index (κ3) is 5.41. The van der Waals surface area contributed by atoms with E-state index in [1.54, 1.807) is 4.90 Å². The minimum absolute atomic E-state index is 0.0324. The number of hydrogen-bond donors (Lipinski definition) is 1. The average molecular weight is 354 g/mol. The molecule has 0 radical (unpaired) electrons. The van der Waals surface area contributed by atoms with Crippen LogP contribution in [0.2, 0.25) is 0 Å². The number of carbonyl (C=O) groups excluding carboxylic acids is 1. The summed E-state index contributed by atoms with van der Waals surface area (Å²) < 4.78 is 0. The van der Waals surface area contributed by atoms with Crippen LogP contribution in [-0.4, -0.2) is 61.2 Å². The number of aliphatic hydroxyl groups is 1. The third-order valence-electron chi connectivity index (χ3n) is 4.47. The molecule has 4 nitrogen and oxygen atoms in total. The lowest BCUT2D eigenvalue weighted by Crippen LogP contribution is -2.38. The Morgan fingerprint density at radius 1 is 0.962 bits per heavy atom. The largest absolute Gasteiger partial charge is 0.395 e. The van der Waals surface area contributed by atoms with E-state index in [0.29, 0.717) is 24.6 Å². The second-order valence-electron chi connectivity index (χ2n) is 7.18. The third-order valence-corrected chi connectivity index (χ3v) is 4.47. The number of nitrogens with zero attached hydrogens (tertiary/aromatic N) is 2. The molecule has 0 atom stereocenters. The first-order valence-corrected chi connectivity index (χ1v) is 9.17. The highest BCUT2D eigenvalue weighted by Crippen LogP contribution is 2.25. The van der Waals surface area contributed by atoms with Crippen LogP contribution in [0.5, 0.6) is 0 Å². The summed E-state index contributed by atoms with van der Waals surface area (Å²) in [4.78, 5) is 16.6. The minimum atomic E-state index is -0.0391. The summed E-state index contributed by atoms with van der Waals surface area (Å²) in [7, 11) is 3.95. The summed E-state index contributed by atoms with van der Waals surface area (Å²) in [5, 5.41) is 9.31. The molecule has 0 bridgehead atoms. The first kappa shape index (κ1) is 20.1. The molecule has 4 heteroatoms. The molecule has 26 heavy (non-hydrogen) atoms. The second-order valence-corrected chi connectivity index (χ2v) is 7.18. The van der Waals surface area contributed by atoms with E-state index < -0.39 is 0 Å². The van der Waals surface area contributed by atoms with Crippen molar-refractivity contribution >= 4 is 5.91 Å². The van der Waals surface area contributed by atoms with Crippen LogP contribution >= 0.6 is 0 Å². The Hall–Kier alpha value is -2.17. The number of amides is 1. The van der Waals surface area contributed by atoms with Crippen molar-refractivity contribution < 1.29 is 9.90 Å². The molecule has 0 saturated carbocycles. The maximum Gasteiger partial charge on any atom is 0.253 e. The summed E-state index contributed by atoms with van der Waals surface area (Å²) in [5.41, 5.74) is 4.10. The smallest absolute Gasteiger partial charge is 0.253 e. The molecule has 2 aromatic rings. The molecule has 0 aromatic heterocycles. The first-order chi connectivity index (χ1) is 12.4. The minimum Gasteiger partial charge on any atom is -0.395 e. The van der Waals surface area contributed by atoms with Crippen molar-refractivity contribution in [3.63, 3.8) is 0 Å². The molecule has 0 spiro atoms. The Labute approximate surface area is 157 Å². The monoisotopic (exact) mass is 354 g/mol. The number of hydrogen-bond acceptors (Lipinski definition) is 3. The van der Waals surface area contributed by atoms with Gasteiger partial charge in [0.15, 0.2) is 0 Å². The van der Waals surface area contributed by atoms with Gasteiger partial charge in [-0.25, -0.2) is 0 Å².